The minimum absolute atomic E-state index is 0.211. The molecule has 1 aromatic heterocycles. The Balaban J connectivity index is 3.24. The van der Waals surface area contributed by atoms with Gasteiger partial charge in [-0.25, -0.2) is 0 Å². The van der Waals surface area contributed by atoms with Crippen molar-refractivity contribution >= 4 is 27.5 Å². The van der Waals surface area contributed by atoms with Crippen molar-refractivity contribution in [2.45, 2.75) is 0 Å². The number of carbonyl (C=O) groups excluding carboxylic acids is 1. The van der Waals surface area contributed by atoms with Crippen LogP contribution in [-0.4, -0.2) is 21.2 Å². The average molecular weight is 252 g/mol. The molecule has 0 atom stereocenters. The second-order valence-electron chi connectivity index (χ2n) is 1.92. The van der Waals surface area contributed by atoms with Gasteiger partial charge in [0.2, 0.25) is 5.78 Å². The van der Waals surface area contributed by atoms with Crippen molar-refractivity contribution in [3.63, 3.8) is 0 Å². The van der Waals surface area contributed by atoms with Crippen LogP contribution in [0.15, 0.2) is 4.63 Å². The van der Waals surface area contributed by atoms with E-state index in [2.05, 4.69) is 25.7 Å². The summed E-state index contributed by atoms with van der Waals surface area (Å²) in [5.41, 5.74) is -0.707. The highest BCUT2D eigenvalue weighted by Crippen LogP contribution is 2.11. The second-order valence-corrected chi connectivity index (χ2v) is 2.48. The fraction of sp³-hybridized carbons (Fsp3) is 0.250. The van der Waals surface area contributed by atoms with Gasteiger partial charge in [-0.1, -0.05) is 15.9 Å². The third-order valence-corrected chi connectivity index (χ3v) is 1.66. The lowest BCUT2D eigenvalue weighted by Crippen LogP contribution is -2.31. The van der Waals surface area contributed by atoms with E-state index in [1.165, 1.54) is 0 Å². The smallest absolute Gasteiger partial charge is 0.359 e. The second kappa shape index (κ2) is 3.47. The number of hydrogen-bond acceptors (Lipinski definition) is 6. The van der Waals surface area contributed by atoms with Crippen molar-refractivity contribution < 1.29 is 19.2 Å². The molecule has 8 nitrogen and oxygen atoms in total. The molecule has 0 aliphatic heterocycles. The maximum Gasteiger partial charge on any atom is 0.443 e. The Hall–Kier alpha value is -1.51. The molecule has 0 N–H and O–H groups in total. The maximum absolute atomic E-state index is 10.9. The molecule has 0 aliphatic carbocycles. The van der Waals surface area contributed by atoms with E-state index in [-0.39, 0.29) is 10.2 Å². The Morgan fingerprint density at radius 1 is 1.77 bits per heavy atom. The largest absolute Gasteiger partial charge is 0.443 e. The van der Waals surface area contributed by atoms with Crippen LogP contribution in [0.25, 0.3) is 0 Å². The van der Waals surface area contributed by atoms with E-state index < -0.39 is 22.2 Å². The van der Waals surface area contributed by atoms with Crippen molar-refractivity contribution in [3.8, 4) is 0 Å². The van der Waals surface area contributed by atoms with E-state index in [9.17, 15) is 20.1 Å². The van der Waals surface area contributed by atoms with Gasteiger partial charge in [0.25, 0.3) is 0 Å². The molecule has 0 bridgehead atoms. The lowest BCUT2D eigenvalue weighted by molar-refractivity contribution is -0.803. The van der Waals surface area contributed by atoms with Crippen molar-refractivity contribution in [3.05, 3.63) is 21.0 Å². The van der Waals surface area contributed by atoms with E-state index in [0.717, 1.165) is 0 Å². The van der Waals surface area contributed by atoms with Crippen LogP contribution in [-0.2, 0) is 0 Å². The molecular formula is C4H2BrN3O5. The molecule has 0 saturated heterocycles. The fourth-order valence-electron chi connectivity index (χ4n) is 0.651. The Morgan fingerprint density at radius 3 is 2.85 bits per heavy atom. The van der Waals surface area contributed by atoms with E-state index in [1.807, 2.05) is 0 Å². The zero-order valence-corrected chi connectivity index (χ0v) is 7.55. The number of alkyl halides is 1. The number of halogens is 1. The van der Waals surface area contributed by atoms with Crippen molar-refractivity contribution in [1.82, 2.24) is 5.16 Å². The van der Waals surface area contributed by atoms with Gasteiger partial charge >= 0.3 is 11.5 Å². The van der Waals surface area contributed by atoms with Crippen molar-refractivity contribution in [2.75, 3.05) is 5.33 Å². The SMILES string of the molecule is O=C(CBr)c1c([N+](=O)[O-])no[n+]1[O-]. The zero-order valence-electron chi connectivity index (χ0n) is 5.97. The summed E-state index contributed by atoms with van der Waals surface area (Å²) in [6.07, 6.45) is 0. The maximum atomic E-state index is 10.9. The monoisotopic (exact) mass is 251 g/mol. The van der Waals surface area contributed by atoms with Gasteiger partial charge in [0.05, 0.1) is 10.5 Å². The number of nitrogens with zero attached hydrogens (tertiary/aromatic N) is 3. The molecule has 1 aromatic rings. The Kier molecular flexibility index (Phi) is 2.56. The summed E-state index contributed by atoms with van der Waals surface area (Å²) in [4.78, 5) is 19.9. The molecule has 0 aromatic carbocycles. The summed E-state index contributed by atoms with van der Waals surface area (Å²) in [6.45, 7) is 0. The number of aromatic nitrogens is 2. The highest BCUT2D eigenvalue weighted by Gasteiger charge is 2.30. The number of rotatable bonds is 3. The van der Waals surface area contributed by atoms with Gasteiger partial charge in [-0.2, -0.15) is 0 Å². The lowest BCUT2D eigenvalue weighted by Gasteiger charge is -1.91. The van der Waals surface area contributed by atoms with Crippen LogP contribution < -0.4 is 4.90 Å². The third kappa shape index (κ3) is 1.64. The molecule has 9 heteroatoms. The standard InChI is InChI=1S/C4H2BrN3O5/c5-1-2(9)3-4(7(10)11)6-13-8(3)12/h1H2. The molecule has 13 heavy (non-hydrogen) atoms. The summed E-state index contributed by atoms with van der Waals surface area (Å²) in [5, 5.41) is 23.5. The molecule has 0 unspecified atom stereocenters. The normalized spacial score (nSPS) is 9.92. The average Bonchev–Trinajstić information content (AvgIpc) is 2.46. The molecule has 0 fully saturated rings. The van der Waals surface area contributed by atoms with E-state index >= 15 is 0 Å². The lowest BCUT2D eigenvalue weighted by atomic mass is 10.3. The zero-order chi connectivity index (χ0) is 10.0. The van der Waals surface area contributed by atoms with Crippen LogP contribution in [0.2, 0.25) is 0 Å². The number of hydrogen-bond donors (Lipinski definition) is 0. The predicted octanol–water partition coefficient (Wildman–Crippen LogP) is -0.206. The molecule has 0 amide bonds. The molecule has 0 spiro atoms. The molecule has 0 radical (unpaired) electrons. The first-order chi connectivity index (χ1) is 6.07. The number of nitro groups is 1. The number of ketones is 1. The Labute approximate surface area is 78.9 Å². The Bertz CT molecular complexity index is 361. The van der Waals surface area contributed by atoms with Gasteiger partial charge in [-0.3, -0.25) is 9.42 Å². The van der Waals surface area contributed by atoms with E-state index in [0.29, 0.717) is 0 Å². The van der Waals surface area contributed by atoms with Gasteiger partial charge in [0, 0.05) is 0 Å². The summed E-state index contributed by atoms with van der Waals surface area (Å²) < 4.78 is 3.91. The van der Waals surface area contributed by atoms with Gasteiger partial charge in [-0.05, 0) is 9.83 Å². The van der Waals surface area contributed by atoms with Crippen molar-refractivity contribution in [2.24, 2.45) is 0 Å². The fourth-order valence-corrected chi connectivity index (χ4v) is 0.917. The Morgan fingerprint density at radius 2 is 2.38 bits per heavy atom. The van der Waals surface area contributed by atoms with Crippen LogP contribution in [0.5, 0.6) is 0 Å². The van der Waals surface area contributed by atoms with Crippen LogP contribution in [0.4, 0.5) is 5.82 Å². The summed E-state index contributed by atoms with van der Waals surface area (Å²) in [5.74, 6) is -1.64. The van der Waals surface area contributed by atoms with Gasteiger partial charge in [0.15, 0.2) is 0 Å². The highest BCUT2D eigenvalue weighted by atomic mass is 79.9. The number of Topliss-reactive ketones (excluding diaryl/α,β-unsaturated/α-hetero) is 1. The molecule has 70 valence electrons. The van der Waals surface area contributed by atoms with Gasteiger partial charge < -0.3 is 15.3 Å². The minimum Gasteiger partial charge on any atom is -0.359 e. The third-order valence-electron chi connectivity index (χ3n) is 1.15. The summed E-state index contributed by atoms with van der Waals surface area (Å²) in [7, 11) is 0. The first kappa shape index (κ1) is 9.58. The number of carbonyl (C=O) groups is 1. The predicted molar refractivity (Wildman–Crippen MR) is 40.2 cm³/mol. The van der Waals surface area contributed by atoms with Gasteiger partial charge in [0.1, 0.15) is 0 Å². The highest BCUT2D eigenvalue weighted by molar-refractivity contribution is 9.09. The van der Waals surface area contributed by atoms with Crippen LogP contribution in [0, 0.1) is 15.3 Å². The summed E-state index contributed by atoms with van der Waals surface area (Å²) >= 11 is 2.76. The molecule has 1 heterocycles. The summed E-state index contributed by atoms with van der Waals surface area (Å²) in [6, 6.07) is 0. The quantitative estimate of drug-likeness (QED) is 0.242. The topological polar surface area (TPSA) is 113 Å². The van der Waals surface area contributed by atoms with Crippen LogP contribution in [0.1, 0.15) is 10.5 Å². The molecule has 0 aliphatic rings. The molecule has 1 rings (SSSR count). The van der Waals surface area contributed by atoms with E-state index in [1.54, 1.807) is 0 Å². The first-order valence-electron chi connectivity index (χ1n) is 2.91. The van der Waals surface area contributed by atoms with Crippen LogP contribution >= 0.6 is 15.9 Å². The minimum atomic E-state index is -0.964. The first-order valence-corrected chi connectivity index (χ1v) is 4.03. The van der Waals surface area contributed by atoms with Crippen LogP contribution in [0.3, 0.4) is 0 Å². The van der Waals surface area contributed by atoms with Gasteiger partial charge in [-0.15, -0.1) is 0 Å². The van der Waals surface area contributed by atoms with Crippen molar-refractivity contribution in [1.29, 1.82) is 0 Å². The molecular weight excluding hydrogens is 250 g/mol. The van der Waals surface area contributed by atoms with E-state index in [4.69, 9.17) is 0 Å². The molecule has 0 saturated carbocycles.